The van der Waals surface area contributed by atoms with Crippen molar-refractivity contribution in [1.82, 2.24) is 4.72 Å². The third-order valence-corrected chi connectivity index (χ3v) is 3.47. The monoisotopic (exact) mass is 282 g/mol. The van der Waals surface area contributed by atoms with Gasteiger partial charge in [0.2, 0.25) is 10.0 Å². The fraction of sp³-hybridized carbons (Fsp3) is 0.400. The minimum atomic E-state index is -4.58. The molecule has 1 aromatic carbocycles. The van der Waals surface area contributed by atoms with Crippen molar-refractivity contribution in [2.45, 2.75) is 18.0 Å². The Labute approximate surface area is 103 Å². The Hall–Kier alpha value is -1.28. The van der Waals surface area contributed by atoms with Gasteiger partial charge >= 0.3 is 6.18 Å². The molecule has 0 atom stereocenters. The maximum atomic E-state index is 12.0. The number of benzene rings is 1. The summed E-state index contributed by atoms with van der Waals surface area (Å²) in [4.78, 5) is -0.198. The predicted molar refractivity (Wildman–Crippen MR) is 61.8 cm³/mol. The van der Waals surface area contributed by atoms with Crippen LogP contribution in [-0.4, -0.2) is 27.7 Å². The first-order valence-corrected chi connectivity index (χ1v) is 6.64. The zero-order valence-corrected chi connectivity index (χ0v) is 10.4. The van der Waals surface area contributed by atoms with Gasteiger partial charge in [0.25, 0.3) is 0 Å². The molecule has 0 amide bonds. The first-order chi connectivity index (χ1) is 8.26. The fourth-order valence-corrected chi connectivity index (χ4v) is 2.49. The number of hydrogen-bond donors (Lipinski definition) is 2. The van der Waals surface area contributed by atoms with Crippen LogP contribution in [-0.2, 0) is 10.0 Å². The molecule has 0 saturated heterocycles. The van der Waals surface area contributed by atoms with Crippen LogP contribution in [0.5, 0.6) is 0 Å². The van der Waals surface area contributed by atoms with Gasteiger partial charge in [-0.25, -0.2) is 13.1 Å². The van der Waals surface area contributed by atoms with Crippen LogP contribution in [0.1, 0.15) is 6.92 Å². The summed E-state index contributed by atoms with van der Waals surface area (Å²) in [5, 5.41) is 2.78. The normalized spacial score (nSPS) is 12.4. The lowest BCUT2D eigenvalue weighted by Crippen LogP contribution is -2.34. The summed E-state index contributed by atoms with van der Waals surface area (Å²) in [6.45, 7) is 0.633. The molecule has 0 fully saturated rings. The summed E-state index contributed by atoms with van der Waals surface area (Å²) < 4.78 is 61.0. The van der Waals surface area contributed by atoms with Crippen LogP contribution >= 0.6 is 0 Å². The molecule has 18 heavy (non-hydrogen) atoms. The first kappa shape index (κ1) is 14.8. The third-order valence-electron chi connectivity index (χ3n) is 2.01. The van der Waals surface area contributed by atoms with E-state index in [-0.39, 0.29) is 10.6 Å². The van der Waals surface area contributed by atoms with Crippen molar-refractivity contribution in [2.24, 2.45) is 0 Å². The Balaban J connectivity index is 2.98. The minimum absolute atomic E-state index is 0.198. The highest BCUT2D eigenvalue weighted by Gasteiger charge is 2.30. The topological polar surface area (TPSA) is 58.2 Å². The molecule has 1 aromatic rings. The van der Waals surface area contributed by atoms with Crippen LogP contribution in [0, 0.1) is 0 Å². The van der Waals surface area contributed by atoms with Crippen molar-refractivity contribution in [1.29, 1.82) is 0 Å². The second kappa shape index (κ2) is 5.57. The lowest BCUT2D eigenvalue weighted by Gasteiger charge is -2.13. The predicted octanol–water partition coefficient (Wildman–Crippen LogP) is 1.96. The molecule has 0 aliphatic carbocycles. The number of alkyl halides is 3. The average Bonchev–Trinajstić information content (AvgIpc) is 2.27. The number of para-hydroxylation sites is 1. The molecular formula is C10H13F3N2O2S. The molecule has 0 unspecified atom stereocenters. The molecule has 0 aliphatic heterocycles. The molecule has 0 aromatic heterocycles. The highest BCUT2D eigenvalue weighted by Crippen LogP contribution is 2.21. The van der Waals surface area contributed by atoms with Gasteiger partial charge in [0.05, 0.1) is 5.69 Å². The van der Waals surface area contributed by atoms with Gasteiger partial charge in [-0.3, -0.25) is 0 Å². The van der Waals surface area contributed by atoms with Gasteiger partial charge in [0.15, 0.2) is 0 Å². The van der Waals surface area contributed by atoms with E-state index in [1.54, 1.807) is 13.0 Å². The standard InChI is InChI=1S/C10H13F3N2O2S/c1-2-14-8-5-3-4-6-9(8)18(16,17)15-7-10(11,12)13/h3-6,14-15H,2,7H2,1H3. The molecule has 0 radical (unpaired) electrons. The van der Waals surface area contributed by atoms with Crippen molar-refractivity contribution in [3.05, 3.63) is 24.3 Å². The molecule has 102 valence electrons. The lowest BCUT2D eigenvalue weighted by atomic mass is 10.3. The summed E-state index contributed by atoms with van der Waals surface area (Å²) in [5.41, 5.74) is 0.273. The maximum Gasteiger partial charge on any atom is 0.402 e. The molecule has 0 heterocycles. The van der Waals surface area contributed by atoms with Crippen LogP contribution in [0.4, 0.5) is 18.9 Å². The van der Waals surface area contributed by atoms with E-state index in [2.05, 4.69) is 5.32 Å². The molecule has 0 saturated carbocycles. The smallest absolute Gasteiger partial charge is 0.384 e. The zero-order chi connectivity index (χ0) is 13.8. The summed E-state index contributed by atoms with van der Waals surface area (Å²) in [6.07, 6.45) is -4.58. The summed E-state index contributed by atoms with van der Waals surface area (Å²) in [7, 11) is -4.18. The molecule has 4 nitrogen and oxygen atoms in total. The van der Waals surface area contributed by atoms with Gasteiger partial charge < -0.3 is 5.32 Å². The molecule has 0 aliphatic rings. The van der Waals surface area contributed by atoms with E-state index in [9.17, 15) is 21.6 Å². The second-order valence-electron chi connectivity index (χ2n) is 3.47. The molecule has 2 N–H and O–H groups in total. The quantitative estimate of drug-likeness (QED) is 0.868. The van der Waals surface area contributed by atoms with Gasteiger partial charge in [0, 0.05) is 6.54 Å². The number of anilines is 1. The Bertz CT molecular complexity index is 500. The maximum absolute atomic E-state index is 12.0. The lowest BCUT2D eigenvalue weighted by molar-refractivity contribution is -0.121. The van der Waals surface area contributed by atoms with Crippen LogP contribution in [0.3, 0.4) is 0 Å². The highest BCUT2D eigenvalue weighted by molar-refractivity contribution is 7.89. The molecule has 0 bridgehead atoms. The highest BCUT2D eigenvalue weighted by atomic mass is 32.2. The minimum Gasteiger partial charge on any atom is -0.384 e. The van der Waals surface area contributed by atoms with Gasteiger partial charge in [-0.1, -0.05) is 12.1 Å². The Kier molecular flexibility index (Phi) is 4.58. The molecule has 0 spiro atoms. The fourth-order valence-electron chi connectivity index (χ4n) is 1.29. The average molecular weight is 282 g/mol. The van der Waals surface area contributed by atoms with E-state index >= 15 is 0 Å². The van der Waals surface area contributed by atoms with Gasteiger partial charge in [-0.05, 0) is 19.1 Å². The van der Waals surface area contributed by atoms with Gasteiger partial charge in [0.1, 0.15) is 11.4 Å². The number of nitrogens with one attached hydrogen (secondary N) is 2. The van der Waals surface area contributed by atoms with Gasteiger partial charge in [-0.15, -0.1) is 0 Å². The number of halogens is 3. The van der Waals surface area contributed by atoms with Crippen molar-refractivity contribution in [2.75, 3.05) is 18.4 Å². The van der Waals surface area contributed by atoms with Gasteiger partial charge in [-0.2, -0.15) is 13.2 Å². The Morgan fingerprint density at radius 1 is 1.22 bits per heavy atom. The third kappa shape index (κ3) is 4.19. The van der Waals surface area contributed by atoms with E-state index in [0.717, 1.165) is 0 Å². The first-order valence-electron chi connectivity index (χ1n) is 5.15. The summed E-state index contributed by atoms with van der Waals surface area (Å²) in [6, 6.07) is 5.78. The number of rotatable bonds is 5. The largest absolute Gasteiger partial charge is 0.402 e. The van der Waals surface area contributed by atoms with Crippen molar-refractivity contribution in [3.63, 3.8) is 0 Å². The molecular weight excluding hydrogens is 269 g/mol. The van der Waals surface area contributed by atoms with Crippen LogP contribution in [0.15, 0.2) is 29.2 Å². The summed E-state index contributed by atoms with van der Waals surface area (Å²) in [5.74, 6) is 0. The Morgan fingerprint density at radius 3 is 2.39 bits per heavy atom. The Morgan fingerprint density at radius 2 is 1.83 bits per heavy atom. The number of hydrogen-bond acceptors (Lipinski definition) is 3. The van der Waals surface area contributed by atoms with Crippen LogP contribution in [0.25, 0.3) is 0 Å². The van der Waals surface area contributed by atoms with E-state index in [0.29, 0.717) is 6.54 Å². The van der Waals surface area contributed by atoms with Crippen molar-refractivity contribution < 1.29 is 21.6 Å². The van der Waals surface area contributed by atoms with E-state index in [4.69, 9.17) is 0 Å². The van der Waals surface area contributed by atoms with Crippen molar-refractivity contribution in [3.8, 4) is 0 Å². The van der Waals surface area contributed by atoms with Crippen LogP contribution < -0.4 is 10.0 Å². The van der Waals surface area contributed by atoms with Crippen LogP contribution in [0.2, 0.25) is 0 Å². The van der Waals surface area contributed by atoms with E-state index in [1.807, 2.05) is 0 Å². The molecule has 1 rings (SSSR count). The van der Waals surface area contributed by atoms with E-state index in [1.165, 1.54) is 22.9 Å². The summed E-state index contributed by atoms with van der Waals surface area (Å²) >= 11 is 0. The molecule has 8 heteroatoms. The second-order valence-corrected chi connectivity index (χ2v) is 5.20. The van der Waals surface area contributed by atoms with E-state index < -0.39 is 22.7 Å². The zero-order valence-electron chi connectivity index (χ0n) is 9.58. The SMILES string of the molecule is CCNc1ccccc1S(=O)(=O)NCC(F)(F)F. The van der Waals surface area contributed by atoms with Crippen molar-refractivity contribution >= 4 is 15.7 Å². The number of sulfonamides is 1.